The van der Waals surface area contributed by atoms with Crippen molar-refractivity contribution in [1.82, 2.24) is 10.2 Å². The first-order chi connectivity index (χ1) is 10.1. The molecule has 1 aromatic carbocycles. The molecule has 0 unspecified atom stereocenters. The molecule has 0 radical (unpaired) electrons. The summed E-state index contributed by atoms with van der Waals surface area (Å²) < 4.78 is 4.66. The number of esters is 1. The number of methoxy groups -OCH3 is 1. The van der Waals surface area contributed by atoms with Crippen LogP contribution >= 0.6 is 0 Å². The number of carbonyl (C=O) groups is 2. The van der Waals surface area contributed by atoms with E-state index in [9.17, 15) is 9.59 Å². The standard InChI is InChI=1S/C14H14N4O3/c1-9(19)15-12-6-7-13(18-17-12)16-11-5-3-4-10(8-11)14(20)21-2/h3-8H,1-2H3,(H,16,18)(H,15,17,19). The van der Waals surface area contributed by atoms with Crippen molar-refractivity contribution in [2.45, 2.75) is 6.92 Å². The predicted molar refractivity (Wildman–Crippen MR) is 77.4 cm³/mol. The summed E-state index contributed by atoms with van der Waals surface area (Å²) in [6.07, 6.45) is 0. The van der Waals surface area contributed by atoms with E-state index in [4.69, 9.17) is 0 Å². The van der Waals surface area contributed by atoms with Gasteiger partial charge in [-0.2, -0.15) is 0 Å². The first-order valence-corrected chi connectivity index (χ1v) is 6.15. The van der Waals surface area contributed by atoms with E-state index in [0.29, 0.717) is 22.9 Å². The van der Waals surface area contributed by atoms with Gasteiger partial charge in [0.1, 0.15) is 0 Å². The van der Waals surface area contributed by atoms with E-state index in [1.54, 1.807) is 36.4 Å². The SMILES string of the molecule is COC(=O)c1cccc(Nc2ccc(NC(C)=O)nn2)c1. The molecule has 0 aliphatic rings. The van der Waals surface area contributed by atoms with Gasteiger partial charge in [0.2, 0.25) is 5.91 Å². The summed E-state index contributed by atoms with van der Waals surface area (Å²) in [6.45, 7) is 1.39. The Morgan fingerprint density at radius 1 is 1.10 bits per heavy atom. The number of hydrogen-bond acceptors (Lipinski definition) is 6. The summed E-state index contributed by atoms with van der Waals surface area (Å²) in [5.41, 5.74) is 1.12. The summed E-state index contributed by atoms with van der Waals surface area (Å²) in [4.78, 5) is 22.3. The highest BCUT2D eigenvalue weighted by Crippen LogP contribution is 2.16. The number of nitrogens with zero attached hydrogens (tertiary/aromatic N) is 2. The van der Waals surface area contributed by atoms with Gasteiger partial charge in [-0.15, -0.1) is 10.2 Å². The minimum Gasteiger partial charge on any atom is -0.465 e. The van der Waals surface area contributed by atoms with Gasteiger partial charge in [0.05, 0.1) is 12.7 Å². The van der Waals surface area contributed by atoms with E-state index in [1.807, 2.05) is 0 Å². The van der Waals surface area contributed by atoms with Gasteiger partial charge in [0.25, 0.3) is 0 Å². The molecule has 0 aliphatic heterocycles. The Labute approximate surface area is 121 Å². The third kappa shape index (κ3) is 4.00. The van der Waals surface area contributed by atoms with Crippen molar-refractivity contribution in [3.63, 3.8) is 0 Å². The van der Waals surface area contributed by atoms with Crippen molar-refractivity contribution in [3.05, 3.63) is 42.0 Å². The van der Waals surface area contributed by atoms with Gasteiger partial charge in [0, 0.05) is 12.6 Å². The lowest BCUT2D eigenvalue weighted by molar-refractivity contribution is -0.114. The predicted octanol–water partition coefficient (Wildman–Crippen LogP) is 1.97. The van der Waals surface area contributed by atoms with Crippen molar-refractivity contribution in [3.8, 4) is 0 Å². The molecule has 2 N–H and O–H groups in total. The zero-order valence-corrected chi connectivity index (χ0v) is 11.6. The molecule has 21 heavy (non-hydrogen) atoms. The minimum absolute atomic E-state index is 0.212. The number of amides is 1. The Bertz CT molecular complexity index is 656. The summed E-state index contributed by atoms with van der Waals surface area (Å²) in [6, 6.07) is 10.1. The molecule has 0 aliphatic carbocycles. The number of hydrogen-bond donors (Lipinski definition) is 2. The first-order valence-electron chi connectivity index (χ1n) is 6.15. The van der Waals surface area contributed by atoms with Gasteiger partial charge in [-0.05, 0) is 30.3 Å². The number of nitrogens with one attached hydrogen (secondary N) is 2. The Hall–Kier alpha value is -2.96. The summed E-state index contributed by atoms with van der Waals surface area (Å²) in [5.74, 6) is 0.240. The number of rotatable bonds is 4. The quantitative estimate of drug-likeness (QED) is 0.835. The van der Waals surface area contributed by atoms with Crippen LogP contribution in [-0.4, -0.2) is 29.2 Å². The van der Waals surface area contributed by atoms with Crippen molar-refractivity contribution < 1.29 is 14.3 Å². The summed E-state index contributed by atoms with van der Waals surface area (Å²) in [7, 11) is 1.33. The Kier molecular flexibility index (Phi) is 4.45. The number of benzene rings is 1. The average Bonchev–Trinajstić information content (AvgIpc) is 2.48. The molecule has 0 spiro atoms. The molecule has 0 saturated carbocycles. The topological polar surface area (TPSA) is 93.2 Å². The fourth-order valence-corrected chi connectivity index (χ4v) is 1.64. The van der Waals surface area contributed by atoms with Gasteiger partial charge in [-0.3, -0.25) is 4.79 Å². The Morgan fingerprint density at radius 3 is 2.43 bits per heavy atom. The fraction of sp³-hybridized carbons (Fsp3) is 0.143. The summed E-state index contributed by atoms with van der Waals surface area (Å²) in [5, 5.41) is 13.3. The van der Waals surface area contributed by atoms with E-state index < -0.39 is 5.97 Å². The molecule has 2 rings (SSSR count). The third-order valence-electron chi connectivity index (χ3n) is 2.52. The lowest BCUT2D eigenvalue weighted by Gasteiger charge is -2.07. The molecule has 0 bridgehead atoms. The van der Waals surface area contributed by atoms with Crippen LogP contribution in [0.2, 0.25) is 0 Å². The first kappa shape index (κ1) is 14.4. The molecule has 7 heteroatoms. The molecule has 0 saturated heterocycles. The van der Waals surface area contributed by atoms with Crippen molar-refractivity contribution in [2.75, 3.05) is 17.7 Å². The van der Waals surface area contributed by atoms with Crippen LogP contribution in [0.25, 0.3) is 0 Å². The molecule has 2 aromatic rings. The van der Waals surface area contributed by atoms with Gasteiger partial charge in [-0.25, -0.2) is 4.79 Å². The van der Waals surface area contributed by atoms with Crippen LogP contribution in [0.4, 0.5) is 17.3 Å². The van der Waals surface area contributed by atoms with E-state index in [0.717, 1.165) is 0 Å². The van der Waals surface area contributed by atoms with E-state index in [2.05, 4.69) is 25.6 Å². The molecule has 108 valence electrons. The van der Waals surface area contributed by atoms with Crippen molar-refractivity contribution in [2.24, 2.45) is 0 Å². The number of anilines is 3. The Balaban J connectivity index is 2.11. The number of aromatic nitrogens is 2. The molecule has 1 aromatic heterocycles. The smallest absolute Gasteiger partial charge is 0.337 e. The lowest BCUT2D eigenvalue weighted by atomic mass is 10.2. The van der Waals surface area contributed by atoms with Crippen LogP contribution in [0.3, 0.4) is 0 Å². The molecule has 7 nitrogen and oxygen atoms in total. The van der Waals surface area contributed by atoms with Crippen LogP contribution in [0.15, 0.2) is 36.4 Å². The second-order valence-corrected chi connectivity index (χ2v) is 4.18. The Morgan fingerprint density at radius 2 is 1.81 bits per heavy atom. The summed E-state index contributed by atoms with van der Waals surface area (Å²) >= 11 is 0. The zero-order chi connectivity index (χ0) is 15.2. The van der Waals surface area contributed by atoms with Crippen LogP contribution in [0.1, 0.15) is 17.3 Å². The maximum Gasteiger partial charge on any atom is 0.337 e. The van der Waals surface area contributed by atoms with E-state index in [-0.39, 0.29) is 5.91 Å². The minimum atomic E-state index is -0.411. The molecular weight excluding hydrogens is 272 g/mol. The maximum atomic E-state index is 11.4. The lowest BCUT2D eigenvalue weighted by Crippen LogP contribution is -2.08. The van der Waals surface area contributed by atoms with Crippen LogP contribution in [-0.2, 0) is 9.53 Å². The van der Waals surface area contributed by atoms with E-state index in [1.165, 1.54) is 14.0 Å². The molecule has 0 atom stereocenters. The van der Waals surface area contributed by atoms with E-state index >= 15 is 0 Å². The fourth-order valence-electron chi connectivity index (χ4n) is 1.64. The van der Waals surface area contributed by atoms with Gasteiger partial charge in [0.15, 0.2) is 11.6 Å². The average molecular weight is 286 g/mol. The van der Waals surface area contributed by atoms with Crippen molar-refractivity contribution in [1.29, 1.82) is 0 Å². The van der Waals surface area contributed by atoms with Crippen LogP contribution in [0, 0.1) is 0 Å². The highest BCUT2D eigenvalue weighted by Gasteiger charge is 2.06. The van der Waals surface area contributed by atoms with Gasteiger partial charge >= 0.3 is 5.97 Å². The number of ether oxygens (including phenoxy) is 1. The molecule has 0 fully saturated rings. The molecule has 1 amide bonds. The van der Waals surface area contributed by atoms with Gasteiger partial charge < -0.3 is 15.4 Å². The highest BCUT2D eigenvalue weighted by molar-refractivity contribution is 5.90. The van der Waals surface area contributed by atoms with Crippen LogP contribution in [0.5, 0.6) is 0 Å². The zero-order valence-electron chi connectivity index (χ0n) is 11.6. The highest BCUT2D eigenvalue weighted by atomic mass is 16.5. The van der Waals surface area contributed by atoms with Crippen LogP contribution < -0.4 is 10.6 Å². The maximum absolute atomic E-state index is 11.4. The second kappa shape index (κ2) is 6.47. The molecule has 1 heterocycles. The monoisotopic (exact) mass is 286 g/mol. The number of carbonyl (C=O) groups excluding carboxylic acids is 2. The van der Waals surface area contributed by atoms with Gasteiger partial charge in [-0.1, -0.05) is 6.07 Å². The third-order valence-corrected chi connectivity index (χ3v) is 2.52. The normalized spacial score (nSPS) is 9.81. The second-order valence-electron chi connectivity index (χ2n) is 4.18. The molecular formula is C14H14N4O3. The largest absolute Gasteiger partial charge is 0.465 e. The van der Waals surface area contributed by atoms with Crippen molar-refractivity contribution >= 4 is 29.2 Å².